The monoisotopic (exact) mass is 423 g/mol. The van der Waals surface area contributed by atoms with Crippen LogP contribution in [0.5, 0.6) is 5.75 Å². The lowest BCUT2D eigenvalue weighted by Gasteiger charge is -2.14. The highest BCUT2D eigenvalue weighted by Gasteiger charge is 2.15. The molecule has 0 radical (unpaired) electrons. The largest absolute Gasteiger partial charge is 0.493 e. The summed E-state index contributed by atoms with van der Waals surface area (Å²) >= 11 is 0. The summed E-state index contributed by atoms with van der Waals surface area (Å²) in [6, 6.07) is 5.56. The van der Waals surface area contributed by atoms with Gasteiger partial charge in [-0.1, -0.05) is 26.8 Å². The Morgan fingerprint density at radius 3 is 2.59 bits per heavy atom. The van der Waals surface area contributed by atoms with E-state index in [-0.39, 0.29) is 17.9 Å². The van der Waals surface area contributed by atoms with E-state index in [1.807, 2.05) is 39.0 Å². The average Bonchev–Trinajstić information content (AvgIpc) is 2.68. The second kappa shape index (κ2) is 10.5. The van der Waals surface area contributed by atoms with Gasteiger partial charge in [0.05, 0.1) is 23.6 Å². The summed E-state index contributed by atoms with van der Waals surface area (Å²) in [5.41, 5.74) is 2.87. The molecule has 0 amide bonds. The van der Waals surface area contributed by atoms with Crippen molar-refractivity contribution in [3.63, 3.8) is 0 Å². The highest BCUT2D eigenvalue weighted by molar-refractivity contribution is 7.85. The first-order chi connectivity index (χ1) is 13.8. The zero-order valence-corrected chi connectivity index (χ0v) is 17.9. The molecule has 29 heavy (non-hydrogen) atoms. The van der Waals surface area contributed by atoms with Gasteiger partial charge in [-0.2, -0.15) is 8.42 Å². The first kappa shape index (κ1) is 23.1. The minimum Gasteiger partial charge on any atom is -0.493 e. The molecule has 2 rings (SSSR count). The summed E-state index contributed by atoms with van der Waals surface area (Å²) < 4.78 is 36.3. The van der Waals surface area contributed by atoms with E-state index in [4.69, 9.17) is 9.29 Å². The lowest BCUT2D eigenvalue weighted by molar-refractivity contribution is 0.318. The molecule has 0 bridgehead atoms. The molecule has 0 aliphatic heterocycles. The lowest BCUT2D eigenvalue weighted by Crippen LogP contribution is -2.22. The Balaban J connectivity index is 2.37. The molecule has 8 nitrogen and oxygen atoms in total. The number of ether oxygens (including phenoxy) is 1. The van der Waals surface area contributed by atoms with Crippen molar-refractivity contribution in [2.75, 3.05) is 18.9 Å². The first-order valence-corrected chi connectivity index (χ1v) is 11.4. The summed E-state index contributed by atoms with van der Waals surface area (Å²) in [5, 5.41) is 2.98. The number of aryl methyl sites for hydroxylation is 1. The molecule has 3 N–H and O–H groups in total. The third-order valence-corrected chi connectivity index (χ3v) is 5.14. The van der Waals surface area contributed by atoms with Crippen LogP contribution in [0.4, 0.5) is 0 Å². The Labute approximate surface area is 171 Å². The van der Waals surface area contributed by atoms with Crippen LogP contribution in [-0.4, -0.2) is 41.8 Å². The number of aromatic nitrogens is 2. The number of hydrogen-bond acceptors (Lipinski definition) is 6. The molecule has 0 aliphatic rings. The molecule has 0 fully saturated rings. The van der Waals surface area contributed by atoms with Gasteiger partial charge in [-0.15, -0.1) is 0 Å². The summed E-state index contributed by atoms with van der Waals surface area (Å²) in [6.45, 7) is 6.97. The fraction of sp³-hybridized carbons (Fsp3) is 0.500. The molecule has 0 spiro atoms. The molecule has 0 saturated carbocycles. The van der Waals surface area contributed by atoms with Crippen LogP contribution in [-0.2, 0) is 29.5 Å². The van der Waals surface area contributed by atoms with Crippen molar-refractivity contribution in [2.24, 2.45) is 0 Å². The van der Waals surface area contributed by atoms with Gasteiger partial charge in [-0.25, -0.2) is 4.98 Å². The topological polar surface area (TPSA) is 121 Å². The lowest BCUT2D eigenvalue weighted by atomic mass is 10.1. The van der Waals surface area contributed by atoms with Gasteiger partial charge >= 0.3 is 0 Å². The zero-order valence-electron chi connectivity index (χ0n) is 17.1. The number of nitrogens with one attached hydrogen (secondary N) is 2. The second-order valence-corrected chi connectivity index (χ2v) is 8.26. The van der Waals surface area contributed by atoms with Crippen LogP contribution in [0, 0.1) is 0 Å². The molecular weight excluding hydrogens is 394 g/mol. The van der Waals surface area contributed by atoms with Gasteiger partial charge in [0.25, 0.3) is 15.7 Å². The molecule has 0 saturated heterocycles. The predicted octanol–water partition coefficient (Wildman–Crippen LogP) is 2.33. The molecule has 0 atom stereocenters. The smallest absolute Gasteiger partial charge is 0.266 e. The first-order valence-electron chi connectivity index (χ1n) is 9.83. The van der Waals surface area contributed by atoms with Gasteiger partial charge in [0, 0.05) is 18.7 Å². The maximum atomic E-state index is 12.5. The summed E-state index contributed by atoms with van der Waals surface area (Å²) in [6.07, 6.45) is 2.11. The zero-order chi connectivity index (χ0) is 21.4. The minimum atomic E-state index is -4.00. The average molecular weight is 424 g/mol. The molecule has 160 valence electrons. The number of aromatic amines is 1. The van der Waals surface area contributed by atoms with Crippen LogP contribution in [0.2, 0.25) is 0 Å². The summed E-state index contributed by atoms with van der Waals surface area (Å²) in [7, 11) is -4.00. The molecule has 0 aliphatic carbocycles. The van der Waals surface area contributed by atoms with Crippen molar-refractivity contribution in [2.45, 2.75) is 46.6 Å². The second-order valence-electron chi connectivity index (χ2n) is 6.69. The number of rotatable bonds is 11. The quantitative estimate of drug-likeness (QED) is 0.374. The summed E-state index contributed by atoms with van der Waals surface area (Å²) in [5.74, 6) is 0.725. The van der Waals surface area contributed by atoms with Gasteiger partial charge in [-0.3, -0.25) is 9.35 Å². The Kier molecular flexibility index (Phi) is 8.36. The standard InChI is InChI=1S/C20H29N3O5S/c1-4-10-28-18-8-7-14(13-21-9-11-29(25,26)27)12-16(18)19-22-17(6-3)15(5-2)20(24)23-19/h7-8,12,21H,4-6,9-11,13H2,1-3H3,(H,22,23,24)(H,25,26,27). The van der Waals surface area contributed by atoms with Crippen LogP contribution >= 0.6 is 0 Å². The highest BCUT2D eigenvalue weighted by Crippen LogP contribution is 2.29. The van der Waals surface area contributed by atoms with E-state index in [1.165, 1.54) is 0 Å². The third kappa shape index (κ3) is 6.66. The number of hydrogen-bond donors (Lipinski definition) is 3. The normalized spacial score (nSPS) is 11.6. The van der Waals surface area contributed by atoms with Crippen molar-refractivity contribution in [3.8, 4) is 17.1 Å². The van der Waals surface area contributed by atoms with Crippen molar-refractivity contribution in [1.82, 2.24) is 15.3 Å². The van der Waals surface area contributed by atoms with Gasteiger partial charge in [0.1, 0.15) is 11.6 Å². The number of benzene rings is 1. The van der Waals surface area contributed by atoms with E-state index in [2.05, 4.69) is 15.3 Å². The van der Waals surface area contributed by atoms with E-state index in [1.54, 1.807) is 0 Å². The van der Waals surface area contributed by atoms with E-state index in [9.17, 15) is 13.2 Å². The Hall–Kier alpha value is -2.23. The van der Waals surface area contributed by atoms with Crippen molar-refractivity contribution in [1.29, 1.82) is 0 Å². The van der Waals surface area contributed by atoms with Crippen LogP contribution in [0.25, 0.3) is 11.4 Å². The van der Waals surface area contributed by atoms with Crippen molar-refractivity contribution < 1.29 is 17.7 Å². The van der Waals surface area contributed by atoms with Gasteiger partial charge < -0.3 is 15.0 Å². The molecule has 1 heterocycles. The molecule has 1 aromatic carbocycles. The summed E-state index contributed by atoms with van der Waals surface area (Å²) in [4.78, 5) is 20.0. The van der Waals surface area contributed by atoms with Gasteiger partial charge in [-0.05, 0) is 37.0 Å². The fourth-order valence-electron chi connectivity index (χ4n) is 2.97. The highest BCUT2D eigenvalue weighted by atomic mass is 32.2. The maximum absolute atomic E-state index is 12.5. The molecule has 2 aromatic rings. The van der Waals surface area contributed by atoms with Crippen LogP contribution in [0.1, 0.15) is 44.0 Å². The third-order valence-electron chi connectivity index (χ3n) is 4.42. The van der Waals surface area contributed by atoms with Crippen molar-refractivity contribution >= 4 is 10.1 Å². The fourth-order valence-corrected chi connectivity index (χ4v) is 3.38. The van der Waals surface area contributed by atoms with Crippen LogP contribution in [0.15, 0.2) is 23.0 Å². The van der Waals surface area contributed by atoms with Gasteiger partial charge in [0.2, 0.25) is 0 Å². The Morgan fingerprint density at radius 2 is 1.97 bits per heavy atom. The molecule has 9 heteroatoms. The minimum absolute atomic E-state index is 0.127. The Morgan fingerprint density at radius 1 is 1.21 bits per heavy atom. The Bertz CT molecular complexity index is 986. The molecular formula is C20H29N3O5S. The number of nitrogens with zero attached hydrogens (tertiary/aromatic N) is 1. The van der Waals surface area contributed by atoms with E-state index in [0.717, 1.165) is 17.7 Å². The maximum Gasteiger partial charge on any atom is 0.266 e. The van der Waals surface area contributed by atoms with E-state index < -0.39 is 10.1 Å². The van der Waals surface area contributed by atoms with E-state index >= 15 is 0 Å². The van der Waals surface area contributed by atoms with Gasteiger partial charge in [0.15, 0.2) is 0 Å². The molecule has 1 aromatic heterocycles. The van der Waals surface area contributed by atoms with E-state index in [0.29, 0.717) is 48.7 Å². The predicted molar refractivity (Wildman–Crippen MR) is 113 cm³/mol. The molecule has 0 unspecified atom stereocenters. The van der Waals surface area contributed by atoms with Crippen molar-refractivity contribution in [3.05, 3.63) is 45.4 Å². The number of H-pyrrole nitrogens is 1. The van der Waals surface area contributed by atoms with Crippen LogP contribution < -0.4 is 15.6 Å². The SMILES string of the molecule is CCCOc1ccc(CNCCS(=O)(=O)O)cc1-c1nc(CC)c(CC)c(=O)[nH]1. The van der Waals surface area contributed by atoms with Crippen LogP contribution in [0.3, 0.4) is 0 Å².